The molecule has 0 unspecified atom stereocenters. The molecule has 0 bridgehead atoms. The number of aliphatic hydroxyl groups is 1. The molecule has 0 spiro atoms. The summed E-state index contributed by atoms with van der Waals surface area (Å²) in [4.78, 5) is 29.3. The van der Waals surface area contributed by atoms with Gasteiger partial charge in [0.25, 0.3) is 12.9 Å². The van der Waals surface area contributed by atoms with Crippen LogP contribution in [-0.4, -0.2) is 91.5 Å². The fraction of sp³-hybridized carbons (Fsp3) is 0.209. The molecule has 0 aliphatic heterocycles. The van der Waals surface area contributed by atoms with Crippen molar-refractivity contribution < 1.29 is 53.4 Å². The number of ether oxygens (including phenoxy) is 1. The van der Waals surface area contributed by atoms with Crippen molar-refractivity contribution in [1.29, 1.82) is 0 Å². The third-order valence-electron chi connectivity index (χ3n) is 9.25. The topological polar surface area (TPSA) is 117 Å². The summed E-state index contributed by atoms with van der Waals surface area (Å²) in [5, 5.41) is 10.4. The number of nitrogens with zero attached hydrogens (tertiary/aromatic N) is 8. The molecule has 0 radical (unpaired) electrons. The minimum absolute atomic E-state index is 0. The Morgan fingerprint density at radius 2 is 1.10 bits per heavy atom. The molecule has 8 rings (SSSR count). The molecule has 0 aliphatic rings. The molecule has 62 heavy (non-hydrogen) atoms. The minimum atomic E-state index is -2.59. The van der Waals surface area contributed by atoms with E-state index in [9.17, 15) is 36.2 Å². The van der Waals surface area contributed by atoms with Crippen LogP contribution in [0.25, 0.3) is 56.3 Å². The number of esters is 1. The summed E-state index contributed by atoms with van der Waals surface area (Å²) >= 11 is 0. The molecule has 19 heteroatoms. The van der Waals surface area contributed by atoms with E-state index in [4.69, 9.17) is 4.74 Å². The summed E-state index contributed by atoms with van der Waals surface area (Å²) in [6, 6.07) is 18.3. The molecule has 6 aromatic heterocycles. The van der Waals surface area contributed by atoms with E-state index in [1.165, 1.54) is 64.4 Å². The van der Waals surface area contributed by atoms with Gasteiger partial charge in [-0.05, 0) is 93.6 Å². The molecular formula is C43H39ClF6MgN8O3. The van der Waals surface area contributed by atoms with Gasteiger partial charge in [-0.3, -0.25) is 4.40 Å². The molecule has 0 aliphatic carbocycles. The number of hydrogen-bond acceptors (Lipinski definition) is 7. The van der Waals surface area contributed by atoms with Gasteiger partial charge in [0.15, 0.2) is 5.69 Å². The van der Waals surface area contributed by atoms with Gasteiger partial charge >= 0.3 is 29.0 Å². The van der Waals surface area contributed by atoms with Crippen LogP contribution in [0.5, 0.6) is 0 Å². The maximum Gasteiger partial charge on any atom is 2.00 e. The molecule has 1 N–H and O–H groups in total. The fourth-order valence-electron chi connectivity index (χ4n) is 6.63. The maximum atomic E-state index is 13.3. The Balaban J connectivity index is 0.000000260. The number of carbonyl (C=O) groups is 1. The third kappa shape index (κ3) is 10.5. The molecule has 0 saturated heterocycles. The molecule has 0 saturated carbocycles. The van der Waals surface area contributed by atoms with Crippen LogP contribution in [0, 0.1) is 19.1 Å². The van der Waals surface area contributed by atoms with Crippen LogP contribution in [-0.2, 0) is 23.4 Å². The Morgan fingerprint density at radius 3 is 1.53 bits per heavy atom. The zero-order chi connectivity index (χ0) is 42.0. The molecule has 0 atom stereocenters. The minimum Gasteiger partial charge on any atom is -1.00 e. The van der Waals surface area contributed by atoms with Crippen molar-refractivity contribution in [2.45, 2.75) is 52.3 Å². The van der Waals surface area contributed by atoms with Crippen LogP contribution in [0.1, 0.15) is 37.0 Å². The third-order valence-corrected chi connectivity index (χ3v) is 9.25. The van der Waals surface area contributed by atoms with Gasteiger partial charge < -0.3 is 43.2 Å². The number of halogens is 7. The van der Waals surface area contributed by atoms with E-state index in [0.29, 0.717) is 62.0 Å². The Labute approximate surface area is 374 Å². The fourth-order valence-corrected chi connectivity index (χ4v) is 6.63. The molecular weight excluding hydrogens is 850 g/mol. The monoisotopic (exact) mass is 888 g/mol. The summed E-state index contributed by atoms with van der Waals surface area (Å²) in [7, 11) is 0. The van der Waals surface area contributed by atoms with Gasteiger partial charge in [0, 0.05) is 34.6 Å². The van der Waals surface area contributed by atoms with Crippen LogP contribution in [0.4, 0.5) is 26.3 Å². The number of imidazole rings is 4. The van der Waals surface area contributed by atoms with Gasteiger partial charge in [0.2, 0.25) is 0 Å². The van der Waals surface area contributed by atoms with E-state index in [0.717, 1.165) is 0 Å². The molecule has 11 nitrogen and oxygen atoms in total. The van der Waals surface area contributed by atoms with Gasteiger partial charge in [-0.15, -0.1) is 0 Å². The SMILES string of the molecule is CC(C)(O)c1cnc2ccc(-c3c(-c4ccc(F)cc4)ncn3CC(F)F)cn12.CCOC(=O)c1cnc2ccc(-c3c(-c4ccc(F)cc4)ncn3CC(F)F)cn12.[CH3-].[Cl-].[Mg+2]. The number of alkyl halides is 4. The summed E-state index contributed by atoms with van der Waals surface area (Å²) in [6.07, 6.45) is 3.87. The standard InChI is InChI=1S/C21H17F3N4O2.C21H19F3N4O.CH3.ClH.Mg/c1-2-30-21(29)16-9-25-18-8-5-14(10-28(16)18)20-19(13-3-6-15(22)7-4-13)26-12-27(20)11-17(23)24;1-21(2,29)16-9-25-18-8-5-14(10-28(16)18)20-19(13-3-6-15(22)7-4-13)26-12-27(20)11-17(23)24;;;/h3-10,12,17H,2,11H2,1H3;3-10,12,17,29H,11H2,1-2H3;1H3;1H;/q;;-1;;+2/p-1. The van der Waals surface area contributed by atoms with Crippen LogP contribution >= 0.6 is 0 Å². The average molecular weight is 890 g/mol. The molecule has 0 amide bonds. The van der Waals surface area contributed by atoms with Crippen LogP contribution in [0.15, 0.2) is 110 Å². The largest absolute Gasteiger partial charge is 2.00 e. The van der Waals surface area contributed by atoms with E-state index in [-0.39, 0.29) is 55.2 Å². The summed E-state index contributed by atoms with van der Waals surface area (Å²) in [5.74, 6) is -1.34. The predicted octanol–water partition coefficient (Wildman–Crippen LogP) is 6.02. The molecule has 8 aromatic rings. The normalized spacial score (nSPS) is 11.2. The van der Waals surface area contributed by atoms with Crippen molar-refractivity contribution in [2.75, 3.05) is 6.61 Å². The molecule has 2 aromatic carbocycles. The van der Waals surface area contributed by atoms with Crippen molar-refractivity contribution in [3.05, 3.63) is 141 Å². The second-order valence-electron chi connectivity index (χ2n) is 13.8. The first-order chi connectivity index (χ1) is 28.2. The Bertz CT molecular complexity index is 2750. The van der Waals surface area contributed by atoms with E-state index in [1.807, 2.05) is 0 Å². The van der Waals surface area contributed by atoms with Crippen molar-refractivity contribution in [1.82, 2.24) is 37.9 Å². The van der Waals surface area contributed by atoms with Crippen LogP contribution in [0.2, 0.25) is 0 Å². The Hall–Kier alpha value is -5.69. The predicted molar refractivity (Wildman–Crippen MR) is 219 cm³/mol. The number of hydrogen-bond donors (Lipinski definition) is 1. The Kier molecular flexibility index (Phi) is 16.2. The zero-order valence-corrected chi connectivity index (χ0v) is 36.0. The van der Waals surface area contributed by atoms with E-state index in [2.05, 4.69) is 19.9 Å². The van der Waals surface area contributed by atoms with E-state index < -0.39 is 49.1 Å². The van der Waals surface area contributed by atoms with Crippen LogP contribution < -0.4 is 12.4 Å². The summed E-state index contributed by atoms with van der Waals surface area (Å²) < 4.78 is 90.4. The van der Waals surface area contributed by atoms with Crippen LogP contribution in [0.3, 0.4) is 0 Å². The number of benzene rings is 2. The number of aromatic nitrogens is 8. The molecule has 320 valence electrons. The molecule has 6 heterocycles. The first kappa shape index (κ1) is 49.0. The number of carbonyl (C=O) groups excluding carboxylic acids is 1. The van der Waals surface area contributed by atoms with Crippen molar-refractivity contribution in [2.24, 2.45) is 0 Å². The van der Waals surface area contributed by atoms with Gasteiger partial charge in [-0.1, -0.05) is 0 Å². The van der Waals surface area contributed by atoms with Crippen molar-refractivity contribution in [3.63, 3.8) is 0 Å². The van der Waals surface area contributed by atoms with Gasteiger partial charge in [0.1, 0.15) is 28.5 Å². The van der Waals surface area contributed by atoms with Gasteiger partial charge in [-0.25, -0.2) is 51.1 Å². The number of fused-ring (bicyclic) bond motifs is 2. The average Bonchev–Trinajstić information content (AvgIpc) is 4.00. The second kappa shape index (κ2) is 20.5. The second-order valence-corrected chi connectivity index (χ2v) is 13.8. The smallest absolute Gasteiger partial charge is 1.00 e. The quantitative estimate of drug-likeness (QED) is 0.0732. The Morgan fingerprint density at radius 1 is 0.677 bits per heavy atom. The van der Waals surface area contributed by atoms with Gasteiger partial charge in [-0.2, -0.15) is 0 Å². The van der Waals surface area contributed by atoms with E-state index in [1.54, 1.807) is 84.6 Å². The van der Waals surface area contributed by atoms with Crippen molar-refractivity contribution in [3.8, 4) is 45.0 Å². The first-order valence-electron chi connectivity index (χ1n) is 18.2. The maximum absolute atomic E-state index is 13.3. The number of rotatable bonds is 11. The van der Waals surface area contributed by atoms with Gasteiger partial charge in [0.05, 0.1) is 73.2 Å². The number of pyridine rings is 2. The van der Waals surface area contributed by atoms with Crippen molar-refractivity contribution >= 4 is 40.3 Å². The zero-order valence-electron chi connectivity index (χ0n) is 33.9. The first-order valence-corrected chi connectivity index (χ1v) is 18.2. The van der Waals surface area contributed by atoms with E-state index >= 15 is 0 Å². The molecule has 0 fully saturated rings. The summed E-state index contributed by atoms with van der Waals surface area (Å²) in [6.45, 7) is 4.12. The summed E-state index contributed by atoms with van der Waals surface area (Å²) in [5.41, 5.74) is 4.93.